The quantitative estimate of drug-likeness (QED) is 0.636. The normalized spacial score (nSPS) is 20.8. The van der Waals surface area contributed by atoms with E-state index in [1.165, 1.54) is 0 Å². The largest absolute Gasteiger partial charge is 0.493 e. The first kappa shape index (κ1) is 23.4. The van der Waals surface area contributed by atoms with E-state index in [1.54, 1.807) is 38.5 Å². The highest BCUT2D eigenvalue weighted by Gasteiger charge is 2.40. The average Bonchev–Trinajstić information content (AvgIpc) is 2.86. The molecule has 0 bridgehead atoms. The van der Waals surface area contributed by atoms with Crippen LogP contribution in [0.5, 0.6) is 11.5 Å². The monoisotopic (exact) mass is 495 g/mol. The van der Waals surface area contributed by atoms with Crippen LogP contribution >= 0.6 is 0 Å². The van der Waals surface area contributed by atoms with Crippen molar-refractivity contribution in [2.24, 2.45) is 5.10 Å². The van der Waals surface area contributed by atoms with Crippen molar-refractivity contribution in [3.63, 3.8) is 0 Å². The third-order valence-electron chi connectivity index (χ3n) is 7.04. The molecular weight excluding hydrogens is 466 g/mol. The summed E-state index contributed by atoms with van der Waals surface area (Å²) in [7, 11) is -0.632. The summed E-state index contributed by atoms with van der Waals surface area (Å²) in [5.74, 6) is 1.35. The maximum Gasteiger partial charge on any atom is 0.276 e. The van der Waals surface area contributed by atoms with E-state index in [-0.39, 0.29) is 16.7 Å². The van der Waals surface area contributed by atoms with Gasteiger partial charge < -0.3 is 14.4 Å². The predicted octanol–water partition coefficient (Wildman–Crippen LogP) is 3.66. The van der Waals surface area contributed by atoms with Gasteiger partial charge in [0.15, 0.2) is 17.3 Å². The van der Waals surface area contributed by atoms with Crippen molar-refractivity contribution >= 4 is 21.5 Å². The minimum absolute atomic E-state index is 0.0242. The molecule has 2 aromatic carbocycles. The molecule has 1 N–H and O–H groups in total. The number of hydrogen-bond acceptors (Lipinski definition) is 7. The predicted molar refractivity (Wildman–Crippen MR) is 132 cm³/mol. The van der Waals surface area contributed by atoms with E-state index in [2.05, 4.69) is 14.8 Å². The number of hydrazone groups is 1. The van der Waals surface area contributed by atoms with Crippen LogP contribution in [0.4, 0.5) is 0 Å². The van der Waals surface area contributed by atoms with Gasteiger partial charge in [-0.1, -0.05) is 17.7 Å². The fourth-order valence-corrected chi connectivity index (χ4v) is 6.12. The number of benzene rings is 2. The summed E-state index contributed by atoms with van der Waals surface area (Å²) in [6, 6.07) is 10.5. The zero-order valence-electron chi connectivity index (χ0n) is 20.1. The second-order valence-electron chi connectivity index (χ2n) is 9.13. The number of fused-ring (bicyclic) bond motifs is 4. The lowest BCUT2D eigenvalue weighted by Gasteiger charge is -2.46. The fraction of sp³-hybridized carbons (Fsp3) is 0.385. The SMILES string of the molecule is COc1cc2c(cc1OC)[C@H]1CC(=NNS(=O)(=O)c3ccc(C)cc3)C3=C(CCCC3=O)N1CC2. The average molecular weight is 496 g/mol. The molecule has 0 spiro atoms. The topological polar surface area (TPSA) is 97.3 Å². The Labute approximate surface area is 205 Å². The number of nitrogens with zero attached hydrogens (tertiary/aromatic N) is 2. The first-order valence-corrected chi connectivity index (χ1v) is 13.2. The smallest absolute Gasteiger partial charge is 0.276 e. The minimum Gasteiger partial charge on any atom is -0.493 e. The third kappa shape index (κ3) is 4.18. The molecule has 184 valence electrons. The van der Waals surface area contributed by atoms with Crippen molar-refractivity contribution in [2.75, 3.05) is 20.8 Å². The molecule has 9 heteroatoms. The number of methoxy groups -OCH3 is 2. The Hall–Kier alpha value is -3.33. The number of sulfonamides is 1. The number of Topliss-reactive ketones (excluding diaryl/α,β-unsaturated/α-hetero) is 1. The van der Waals surface area contributed by atoms with E-state index >= 15 is 0 Å². The molecular formula is C26H29N3O5S. The molecule has 2 heterocycles. The first-order valence-electron chi connectivity index (χ1n) is 11.8. The lowest BCUT2D eigenvalue weighted by atomic mass is 9.79. The van der Waals surface area contributed by atoms with E-state index in [1.807, 2.05) is 19.1 Å². The van der Waals surface area contributed by atoms with E-state index < -0.39 is 10.0 Å². The third-order valence-corrected chi connectivity index (χ3v) is 8.27. The van der Waals surface area contributed by atoms with E-state index in [0.29, 0.717) is 35.6 Å². The van der Waals surface area contributed by atoms with Crippen molar-refractivity contribution in [3.8, 4) is 11.5 Å². The molecule has 1 aliphatic carbocycles. The van der Waals surface area contributed by atoms with Gasteiger partial charge >= 0.3 is 0 Å². The number of carbonyl (C=O) groups is 1. The molecule has 0 aromatic heterocycles. The fourth-order valence-electron chi connectivity index (χ4n) is 5.29. The molecule has 0 saturated heterocycles. The molecule has 0 radical (unpaired) electrons. The van der Waals surface area contributed by atoms with Crippen LogP contribution in [0.3, 0.4) is 0 Å². The molecule has 3 aliphatic rings. The highest BCUT2D eigenvalue weighted by Crippen LogP contribution is 2.46. The Balaban J connectivity index is 1.56. The summed E-state index contributed by atoms with van der Waals surface area (Å²) in [4.78, 5) is 17.8. The van der Waals surface area contributed by atoms with Crippen molar-refractivity contribution < 1.29 is 22.7 Å². The van der Waals surface area contributed by atoms with Crippen molar-refractivity contribution in [3.05, 3.63) is 64.4 Å². The second kappa shape index (κ2) is 9.03. The molecule has 1 atom stereocenters. The highest BCUT2D eigenvalue weighted by molar-refractivity contribution is 7.89. The van der Waals surface area contributed by atoms with E-state index in [4.69, 9.17) is 9.47 Å². The molecule has 0 saturated carbocycles. The van der Waals surface area contributed by atoms with Gasteiger partial charge in [0.05, 0.1) is 36.4 Å². The second-order valence-corrected chi connectivity index (χ2v) is 10.8. The summed E-state index contributed by atoms with van der Waals surface area (Å²) in [5.41, 5.74) is 5.24. The molecule has 35 heavy (non-hydrogen) atoms. The summed E-state index contributed by atoms with van der Waals surface area (Å²) >= 11 is 0. The van der Waals surface area contributed by atoms with Gasteiger partial charge in [-0.05, 0) is 61.6 Å². The zero-order chi connectivity index (χ0) is 24.7. The lowest BCUT2D eigenvalue weighted by molar-refractivity contribution is -0.115. The van der Waals surface area contributed by atoms with Gasteiger partial charge in [0.25, 0.3) is 10.0 Å². The van der Waals surface area contributed by atoms with Crippen LogP contribution in [-0.4, -0.2) is 45.6 Å². The molecule has 5 rings (SSSR count). The molecule has 0 amide bonds. The van der Waals surface area contributed by atoms with Gasteiger partial charge in [0.2, 0.25) is 0 Å². The number of hydrogen-bond donors (Lipinski definition) is 1. The Kier molecular flexibility index (Phi) is 6.04. The van der Waals surface area contributed by atoms with Gasteiger partial charge in [0, 0.05) is 25.1 Å². The van der Waals surface area contributed by atoms with Gasteiger partial charge in [-0.25, -0.2) is 0 Å². The van der Waals surface area contributed by atoms with Gasteiger partial charge in [0.1, 0.15) is 0 Å². The Morgan fingerprint density at radius 1 is 1.03 bits per heavy atom. The highest BCUT2D eigenvalue weighted by atomic mass is 32.2. The number of ketones is 1. The molecule has 2 aliphatic heterocycles. The van der Waals surface area contributed by atoms with Crippen LogP contribution in [0, 0.1) is 6.92 Å². The summed E-state index contributed by atoms with van der Waals surface area (Å²) in [5, 5.41) is 4.35. The number of carbonyl (C=O) groups excluding carboxylic acids is 1. The van der Waals surface area contributed by atoms with E-state index in [0.717, 1.165) is 48.2 Å². The maximum absolute atomic E-state index is 13.0. The minimum atomic E-state index is -3.86. The number of ether oxygens (including phenoxy) is 2. The van der Waals surface area contributed by atoms with Gasteiger partial charge in [-0.2, -0.15) is 18.4 Å². The number of aryl methyl sites for hydroxylation is 1. The summed E-state index contributed by atoms with van der Waals surface area (Å²) in [6.45, 7) is 2.68. The molecule has 0 fully saturated rings. The van der Waals surface area contributed by atoms with Gasteiger partial charge in [-0.15, -0.1) is 0 Å². The van der Waals surface area contributed by atoms with E-state index in [9.17, 15) is 13.2 Å². The van der Waals surface area contributed by atoms with Crippen LogP contribution in [0.25, 0.3) is 0 Å². The summed E-state index contributed by atoms with van der Waals surface area (Å²) in [6.07, 6.45) is 3.24. The van der Waals surface area contributed by atoms with Crippen molar-refractivity contribution in [1.82, 2.24) is 9.73 Å². The molecule has 8 nitrogen and oxygen atoms in total. The maximum atomic E-state index is 13.0. The Morgan fingerprint density at radius 2 is 1.74 bits per heavy atom. The van der Waals surface area contributed by atoms with Crippen molar-refractivity contribution in [1.29, 1.82) is 0 Å². The van der Waals surface area contributed by atoms with Crippen LogP contribution in [0.1, 0.15) is 48.4 Å². The number of nitrogens with one attached hydrogen (secondary N) is 1. The van der Waals surface area contributed by atoms with Crippen LogP contribution in [0.15, 0.2) is 57.7 Å². The molecule has 0 unspecified atom stereocenters. The molecule has 2 aromatic rings. The number of allylic oxidation sites excluding steroid dienone is 2. The lowest BCUT2D eigenvalue weighted by Crippen LogP contribution is -2.43. The van der Waals surface area contributed by atoms with Gasteiger partial charge in [-0.3, -0.25) is 4.79 Å². The van der Waals surface area contributed by atoms with Crippen LogP contribution in [0.2, 0.25) is 0 Å². The Morgan fingerprint density at radius 3 is 2.46 bits per heavy atom. The Bertz CT molecular complexity index is 1350. The zero-order valence-corrected chi connectivity index (χ0v) is 20.9. The van der Waals surface area contributed by atoms with Crippen LogP contribution in [-0.2, 0) is 21.2 Å². The number of rotatable bonds is 5. The standard InChI is InChI=1S/C26H29N3O5S/c1-16-7-9-18(10-8-16)35(31,32)28-27-20-15-22-19-14-25(34-3)24(33-2)13-17(19)11-12-29(22)21-5-4-6-23(30)26(20)21/h7-10,13-14,22,28H,4-6,11-12,15H2,1-3H3/t22-/m1/s1. The van der Waals surface area contributed by atoms with Crippen molar-refractivity contribution in [2.45, 2.75) is 50.0 Å². The first-order chi connectivity index (χ1) is 16.8. The summed E-state index contributed by atoms with van der Waals surface area (Å²) < 4.78 is 36.8. The van der Waals surface area contributed by atoms with Crippen LogP contribution < -0.4 is 14.3 Å².